The molecule has 1 unspecified atom stereocenters. The van der Waals surface area contributed by atoms with Gasteiger partial charge in [-0.2, -0.15) is 0 Å². The molecular formula is C14H19N3O3S. The lowest BCUT2D eigenvalue weighted by Gasteiger charge is -2.33. The first-order chi connectivity index (χ1) is 10.1. The summed E-state index contributed by atoms with van der Waals surface area (Å²) in [5, 5.41) is 0. The van der Waals surface area contributed by atoms with E-state index < -0.39 is 0 Å². The number of morpholine rings is 1. The van der Waals surface area contributed by atoms with Crippen molar-refractivity contribution in [3.63, 3.8) is 0 Å². The van der Waals surface area contributed by atoms with E-state index in [4.69, 9.17) is 33.2 Å². The van der Waals surface area contributed by atoms with E-state index in [1.165, 1.54) is 0 Å². The number of ether oxygens (including phenoxy) is 2. The maximum atomic E-state index is 11.3. The van der Waals surface area contributed by atoms with Crippen molar-refractivity contribution >= 4 is 23.1 Å². The first-order valence-electron chi connectivity index (χ1n) is 6.71. The summed E-state index contributed by atoms with van der Waals surface area (Å²) in [6, 6.07) is 6.93. The molecular weight excluding hydrogens is 290 g/mol. The van der Waals surface area contributed by atoms with Crippen molar-refractivity contribution in [2.45, 2.75) is 6.04 Å². The van der Waals surface area contributed by atoms with Crippen LogP contribution in [0.5, 0.6) is 5.75 Å². The Morgan fingerprint density at radius 2 is 2.29 bits per heavy atom. The fourth-order valence-electron chi connectivity index (χ4n) is 2.19. The molecule has 1 aromatic rings. The lowest BCUT2D eigenvalue weighted by Crippen LogP contribution is -2.53. The number of nitrogens with zero attached hydrogens (tertiary/aromatic N) is 1. The fourth-order valence-corrected chi connectivity index (χ4v) is 2.31. The molecule has 0 saturated carbocycles. The second kappa shape index (κ2) is 7.35. The Hall–Kier alpha value is -1.70. The maximum Gasteiger partial charge on any atom is 0.237 e. The van der Waals surface area contributed by atoms with Gasteiger partial charge in [0.25, 0.3) is 0 Å². The minimum absolute atomic E-state index is 0.336. The van der Waals surface area contributed by atoms with E-state index in [9.17, 15) is 4.79 Å². The fraction of sp³-hybridized carbons (Fsp3) is 0.429. The van der Waals surface area contributed by atoms with Gasteiger partial charge in [-0.3, -0.25) is 9.69 Å². The number of hydrogen-bond acceptors (Lipinski definition) is 5. The van der Waals surface area contributed by atoms with Crippen molar-refractivity contribution < 1.29 is 14.3 Å². The molecule has 0 bridgehead atoms. The summed E-state index contributed by atoms with van der Waals surface area (Å²) in [5.74, 6) is 0.328. The Labute approximate surface area is 129 Å². The first-order valence-corrected chi connectivity index (χ1v) is 7.12. The van der Waals surface area contributed by atoms with E-state index in [-0.39, 0.29) is 11.9 Å². The second-order valence-electron chi connectivity index (χ2n) is 4.77. The Kier molecular flexibility index (Phi) is 5.49. The molecule has 1 atom stereocenters. The number of benzene rings is 1. The van der Waals surface area contributed by atoms with Crippen LogP contribution in [0.4, 0.5) is 0 Å². The highest BCUT2D eigenvalue weighted by atomic mass is 32.1. The molecule has 1 aromatic carbocycles. The lowest BCUT2D eigenvalue weighted by molar-refractivity contribution is -0.129. The van der Waals surface area contributed by atoms with E-state index in [1.807, 2.05) is 23.1 Å². The van der Waals surface area contributed by atoms with Gasteiger partial charge >= 0.3 is 0 Å². The van der Waals surface area contributed by atoms with Crippen molar-refractivity contribution in [1.29, 1.82) is 0 Å². The summed E-state index contributed by atoms with van der Waals surface area (Å²) in [7, 11) is 0. The van der Waals surface area contributed by atoms with Crippen LogP contribution in [-0.2, 0) is 9.53 Å². The summed E-state index contributed by atoms with van der Waals surface area (Å²) in [6.45, 7) is 2.66. The van der Waals surface area contributed by atoms with Gasteiger partial charge in [0.15, 0.2) is 0 Å². The molecule has 0 radical (unpaired) electrons. The van der Waals surface area contributed by atoms with E-state index in [2.05, 4.69) is 0 Å². The highest BCUT2D eigenvalue weighted by Gasteiger charge is 2.27. The van der Waals surface area contributed by atoms with Gasteiger partial charge in [0.1, 0.15) is 23.4 Å². The summed E-state index contributed by atoms with van der Waals surface area (Å²) >= 11 is 4.93. The minimum Gasteiger partial charge on any atom is -0.492 e. The number of carbonyl (C=O) groups excluding carboxylic acids is 1. The van der Waals surface area contributed by atoms with Gasteiger partial charge in [-0.05, 0) is 12.1 Å². The molecule has 2 rings (SSSR count). The molecule has 0 spiro atoms. The second-order valence-corrected chi connectivity index (χ2v) is 5.21. The number of primary amides is 1. The van der Waals surface area contributed by atoms with E-state index >= 15 is 0 Å². The van der Waals surface area contributed by atoms with Gasteiger partial charge < -0.3 is 20.9 Å². The van der Waals surface area contributed by atoms with Gasteiger partial charge in [-0.25, -0.2) is 0 Å². The lowest BCUT2D eigenvalue weighted by atomic mass is 10.2. The van der Waals surface area contributed by atoms with Gasteiger partial charge in [0.05, 0.1) is 13.2 Å². The molecule has 1 fully saturated rings. The molecule has 1 heterocycles. The average Bonchev–Trinajstić information content (AvgIpc) is 2.48. The van der Waals surface area contributed by atoms with Crippen LogP contribution in [-0.4, -0.2) is 54.7 Å². The molecule has 1 aliphatic heterocycles. The number of thiocarbonyl (C=S) groups is 1. The molecule has 4 N–H and O–H groups in total. The number of rotatable bonds is 6. The largest absolute Gasteiger partial charge is 0.492 e. The van der Waals surface area contributed by atoms with Crippen molar-refractivity contribution in [2.75, 3.05) is 32.9 Å². The summed E-state index contributed by atoms with van der Waals surface area (Å²) in [6.07, 6.45) is 0. The molecule has 7 heteroatoms. The Balaban J connectivity index is 1.87. The molecule has 21 heavy (non-hydrogen) atoms. The third-order valence-electron chi connectivity index (χ3n) is 3.33. The van der Waals surface area contributed by atoms with Crippen LogP contribution in [0.3, 0.4) is 0 Å². The molecule has 6 nitrogen and oxygen atoms in total. The number of nitrogens with two attached hydrogens (primary N) is 2. The zero-order valence-corrected chi connectivity index (χ0v) is 12.5. The predicted molar refractivity (Wildman–Crippen MR) is 83.2 cm³/mol. The number of amides is 1. The van der Waals surface area contributed by atoms with Gasteiger partial charge in [0, 0.05) is 18.7 Å². The molecule has 114 valence electrons. The zero-order chi connectivity index (χ0) is 15.2. The van der Waals surface area contributed by atoms with Crippen LogP contribution in [0.15, 0.2) is 24.3 Å². The van der Waals surface area contributed by atoms with E-state index in [0.717, 1.165) is 5.56 Å². The predicted octanol–water partition coefficient (Wildman–Crippen LogP) is -0.114. The topological polar surface area (TPSA) is 90.8 Å². The van der Waals surface area contributed by atoms with Gasteiger partial charge in [-0.15, -0.1) is 0 Å². The third-order valence-corrected chi connectivity index (χ3v) is 3.57. The summed E-state index contributed by atoms with van der Waals surface area (Å²) < 4.78 is 10.9. The quantitative estimate of drug-likeness (QED) is 0.712. The van der Waals surface area contributed by atoms with Crippen LogP contribution in [0, 0.1) is 0 Å². The summed E-state index contributed by atoms with van der Waals surface area (Å²) in [5.41, 5.74) is 11.7. The molecule has 1 amide bonds. The van der Waals surface area contributed by atoms with Crippen LogP contribution in [0.2, 0.25) is 0 Å². The van der Waals surface area contributed by atoms with Crippen LogP contribution in [0.1, 0.15) is 5.56 Å². The first kappa shape index (κ1) is 15.7. The van der Waals surface area contributed by atoms with E-state index in [0.29, 0.717) is 43.6 Å². The van der Waals surface area contributed by atoms with Crippen LogP contribution < -0.4 is 16.2 Å². The molecule has 0 aromatic heterocycles. The van der Waals surface area contributed by atoms with Crippen molar-refractivity contribution in [3.8, 4) is 5.75 Å². The standard InChI is InChI=1S/C14H19N3O3S/c15-13(18)12-9-19-6-4-17(12)5-7-20-11-3-1-2-10(8-11)14(16)21/h1-3,8,12H,4-7,9H2,(H2,15,18)(H2,16,21). The third kappa shape index (κ3) is 4.38. The van der Waals surface area contributed by atoms with E-state index in [1.54, 1.807) is 6.07 Å². The van der Waals surface area contributed by atoms with Crippen LogP contribution >= 0.6 is 12.2 Å². The Morgan fingerprint density at radius 3 is 3.00 bits per heavy atom. The normalized spacial score (nSPS) is 19.1. The smallest absolute Gasteiger partial charge is 0.237 e. The Bertz CT molecular complexity index is 524. The number of hydrogen-bond donors (Lipinski definition) is 2. The van der Waals surface area contributed by atoms with Gasteiger partial charge in [0.2, 0.25) is 5.91 Å². The van der Waals surface area contributed by atoms with Crippen LogP contribution in [0.25, 0.3) is 0 Å². The maximum absolute atomic E-state index is 11.3. The zero-order valence-electron chi connectivity index (χ0n) is 11.7. The molecule has 1 saturated heterocycles. The van der Waals surface area contributed by atoms with Crippen molar-refractivity contribution in [3.05, 3.63) is 29.8 Å². The highest BCUT2D eigenvalue weighted by molar-refractivity contribution is 7.80. The summed E-state index contributed by atoms with van der Waals surface area (Å²) in [4.78, 5) is 13.7. The molecule has 1 aliphatic rings. The average molecular weight is 309 g/mol. The number of carbonyl (C=O) groups is 1. The van der Waals surface area contributed by atoms with Crippen molar-refractivity contribution in [2.24, 2.45) is 11.5 Å². The molecule has 0 aliphatic carbocycles. The minimum atomic E-state index is -0.384. The monoisotopic (exact) mass is 309 g/mol. The van der Waals surface area contributed by atoms with Gasteiger partial charge in [-0.1, -0.05) is 24.4 Å². The van der Waals surface area contributed by atoms with Crippen molar-refractivity contribution in [1.82, 2.24) is 4.90 Å². The SMILES string of the molecule is NC(=O)C1COCCN1CCOc1cccc(C(N)=S)c1. The Morgan fingerprint density at radius 1 is 1.48 bits per heavy atom. The highest BCUT2D eigenvalue weighted by Crippen LogP contribution is 2.14.